The Morgan fingerprint density at radius 3 is 2.78 bits per heavy atom. The molecule has 98 valence electrons. The van der Waals surface area contributed by atoms with Gasteiger partial charge in [0.2, 0.25) is 5.82 Å². The minimum Gasteiger partial charge on any atom is -0.359 e. The molecule has 0 saturated heterocycles. The summed E-state index contributed by atoms with van der Waals surface area (Å²) < 4.78 is 0. The van der Waals surface area contributed by atoms with Gasteiger partial charge in [0.25, 0.3) is 0 Å². The first kappa shape index (κ1) is 12.7. The molecule has 18 heavy (non-hydrogen) atoms. The number of carbonyl (C=O) groups excluding carboxylic acids is 1. The molecule has 0 spiro atoms. The van der Waals surface area contributed by atoms with Crippen molar-refractivity contribution in [3.8, 4) is 0 Å². The molecule has 2 rings (SSSR count). The molecular formula is C10H16N6OS. The van der Waals surface area contributed by atoms with Crippen LogP contribution in [-0.2, 0) is 0 Å². The van der Waals surface area contributed by atoms with E-state index in [9.17, 15) is 4.79 Å². The molecule has 1 aromatic heterocycles. The minimum atomic E-state index is -0.403. The van der Waals surface area contributed by atoms with Crippen molar-refractivity contribution in [1.82, 2.24) is 31.3 Å². The Balaban J connectivity index is 1.69. The van der Waals surface area contributed by atoms with Crippen molar-refractivity contribution in [3.63, 3.8) is 0 Å². The number of nitrogens with one attached hydrogen (secondary N) is 4. The summed E-state index contributed by atoms with van der Waals surface area (Å²) in [6.45, 7) is 0. The van der Waals surface area contributed by atoms with Gasteiger partial charge in [0.1, 0.15) is 6.33 Å². The van der Waals surface area contributed by atoms with Crippen LogP contribution in [0.15, 0.2) is 6.33 Å². The molecule has 7 nitrogen and oxygen atoms in total. The second kappa shape index (κ2) is 6.29. The van der Waals surface area contributed by atoms with Gasteiger partial charge in [-0.05, 0) is 25.1 Å². The van der Waals surface area contributed by atoms with E-state index in [2.05, 4.69) is 31.3 Å². The predicted octanol–water partition coefficient (Wildman–Crippen LogP) is 0.246. The maximum atomic E-state index is 11.5. The lowest BCUT2D eigenvalue weighted by atomic mass is 9.96. The Kier molecular flexibility index (Phi) is 4.46. The number of nitrogens with zero attached hydrogens (tertiary/aromatic N) is 2. The summed E-state index contributed by atoms with van der Waals surface area (Å²) in [5.41, 5.74) is 5.10. The van der Waals surface area contributed by atoms with E-state index >= 15 is 0 Å². The zero-order chi connectivity index (χ0) is 12.8. The van der Waals surface area contributed by atoms with Crippen LogP contribution >= 0.6 is 12.2 Å². The quantitative estimate of drug-likeness (QED) is 0.453. The van der Waals surface area contributed by atoms with E-state index in [1.165, 1.54) is 25.6 Å². The van der Waals surface area contributed by atoms with Crippen LogP contribution in [0, 0.1) is 0 Å². The fourth-order valence-electron chi connectivity index (χ4n) is 1.96. The molecule has 1 amide bonds. The fourth-order valence-corrected chi connectivity index (χ4v) is 2.17. The molecule has 1 aliphatic carbocycles. The van der Waals surface area contributed by atoms with Crippen molar-refractivity contribution in [2.75, 3.05) is 0 Å². The highest BCUT2D eigenvalue weighted by Gasteiger charge is 2.14. The van der Waals surface area contributed by atoms with Crippen molar-refractivity contribution in [2.45, 2.75) is 38.1 Å². The first-order valence-corrected chi connectivity index (χ1v) is 6.39. The number of aromatic nitrogens is 3. The Morgan fingerprint density at radius 1 is 1.33 bits per heavy atom. The van der Waals surface area contributed by atoms with Gasteiger partial charge in [-0.25, -0.2) is 4.98 Å². The van der Waals surface area contributed by atoms with Gasteiger partial charge in [-0.2, -0.15) is 5.10 Å². The summed E-state index contributed by atoms with van der Waals surface area (Å²) in [5, 5.41) is 9.66. The van der Waals surface area contributed by atoms with Crippen molar-refractivity contribution in [2.24, 2.45) is 0 Å². The third-order valence-electron chi connectivity index (χ3n) is 2.86. The maximum Gasteiger partial charge on any atom is 0.306 e. The number of H-pyrrole nitrogens is 1. The van der Waals surface area contributed by atoms with Crippen molar-refractivity contribution < 1.29 is 4.79 Å². The maximum absolute atomic E-state index is 11.5. The summed E-state index contributed by atoms with van der Waals surface area (Å²) in [4.78, 5) is 15.2. The van der Waals surface area contributed by atoms with Gasteiger partial charge < -0.3 is 5.32 Å². The van der Waals surface area contributed by atoms with Crippen molar-refractivity contribution in [1.29, 1.82) is 0 Å². The van der Waals surface area contributed by atoms with Crippen LogP contribution < -0.4 is 16.2 Å². The first-order valence-electron chi connectivity index (χ1n) is 5.98. The molecule has 0 radical (unpaired) electrons. The van der Waals surface area contributed by atoms with Gasteiger partial charge in [0, 0.05) is 6.04 Å². The molecule has 1 fully saturated rings. The van der Waals surface area contributed by atoms with E-state index in [0.717, 1.165) is 12.8 Å². The minimum absolute atomic E-state index is 0.142. The van der Waals surface area contributed by atoms with E-state index < -0.39 is 5.91 Å². The van der Waals surface area contributed by atoms with E-state index in [1.54, 1.807) is 0 Å². The topological polar surface area (TPSA) is 94.7 Å². The Bertz CT molecular complexity index is 401. The first-order chi connectivity index (χ1) is 8.75. The van der Waals surface area contributed by atoms with Gasteiger partial charge in [-0.15, -0.1) is 0 Å². The summed E-state index contributed by atoms with van der Waals surface area (Å²) in [6, 6.07) is 0.404. The standard InChI is InChI=1S/C10H16N6OS/c17-9(8-11-6-12-14-8)15-16-10(18)13-7-4-2-1-3-5-7/h6-7H,1-5H2,(H,15,17)(H,11,12,14)(H2,13,16,18). The summed E-state index contributed by atoms with van der Waals surface area (Å²) in [5.74, 6) is -0.261. The van der Waals surface area contributed by atoms with Gasteiger partial charge in [0.05, 0.1) is 0 Å². The Morgan fingerprint density at radius 2 is 2.11 bits per heavy atom. The average molecular weight is 268 g/mol. The van der Waals surface area contributed by atoms with Crippen molar-refractivity contribution >= 4 is 23.2 Å². The highest BCUT2D eigenvalue weighted by Crippen LogP contribution is 2.16. The molecule has 0 unspecified atom stereocenters. The molecule has 4 N–H and O–H groups in total. The molecule has 0 aliphatic heterocycles. The van der Waals surface area contributed by atoms with Crippen molar-refractivity contribution in [3.05, 3.63) is 12.2 Å². The fraction of sp³-hybridized carbons (Fsp3) is 0.600. The summed E-state index contributed by atoms with van der Waals surface area (Å²) in [6.07, 6.45) is 7.26. The SMILES string of the molecule is O=C(NNC(=S)NC1CCCCC1)c1ncn[nH]1. The average Bonchev–Trinajstić information content (AvgIpc) is 2.91. The molecule has 1 aliphatic rings. The zero-order valence-electron chi connectivity index (χ0n) is 9.90. The second-order valence-corrected chi connectivity index (χ2v) is 4.63. The van der Waals surface area contributed by atoms with Crippen LogP contribution in [0.25, 0.3) is 0 Å². The monoisotopic (exact) mass is 268 g/mol. The number of hydrazine groups is 1. The van der Waals surface area contributed by atoms with Gasteiger partial charge in [-0.1, -0.05) is 19.3 Å². The van der Waals surface area contributed by atoms with Gasteiger partial charge in [0.15, 0.2) is 5.11 Å². The predicted molar refractivity (Wildman–Crippen MR) is 69.6 cm³/mol. The number of rotatable bonds is 2. The number of hydrogen-bond acceptors (Lipinski definition) is 4. The molecule has 1 saturated carbocycles. The zero-order valence-corrected chi connectivity index (χ0v) is 10.7. The molecule has 1 aromatic rings. The van der Waals surface area contributed by atoms with E-state index in [4.69, 9.17) is 12.2 Å². The highest BCUT2D eigenvalue weighted by molar-refractivity contribution is 7.80. The number of aromatic amines is 1. The Labute approximate surface area is 110 Å². The lowest BCUT2D eigenvalue weighted by molar-refractivity contribution is 0.0933. The summed E-state index contributed by atoms with van der Waals surface area (Å²) in [7, 11) is 0. The molecule has 0 atom stereocenters. The van der Waals surface area contributed by atoms with Crippen LogP contribution in [0.3, 0.4) is 0 Å². The van der Waals surface area contributed by atoms with Crippen LogP contribution in [0.2, 0.25) is 0 Å². The molecule has 0 aromatic carbocycles. The van der Waals surface area contributed by atoms with Gasteiger partial charge in [-0.3, -0.25) is 20.7 Å². The molecule has 1 heterocycles. The number of carbonyl (C=O) groups is 1. The van der Waals surface area contributed by atoms with E-state index in [-0.39, 0.29) is 5.82 Å². The number of hydrogen-bond donors (Lipinski definition) is 4. The van der Waals surface area contributed by atoms with Crippen LogP contribution in [0.1, 0.15) is 42.7 Å². The van der Waals surface area contributed by atoms with Gasteiger partial charge >= 0.3 is 5.91 Å². The van der Waals surface area contributed by atoms with E-state index in [0.29, 0.717) is 11.2 Å². The third kappa shape index (κ3) is 3.66. The highest BCUT2D eigenvalue weighted by atomic mass is 32.1. The van der Waals surface area contributed by atoms with Crippen LogP contribution in [-0.4, -0.2) is 32.2 Å². The Hall–Kier alpha value is -1.70. The van der Waals surface area contributed by atoms with E-state index in [1.807, 2.05) is 0 Å². The lowest BCUT2D eigenvalue weighted by Gasteiger charge is -2.24. The summed E-state index contributed by atoms with van der Waals surface area (Å²) >= 11 is 5.10. The number of amides is 1. The third-order valence-corrected chi connectivity index (χ3v) is 3.08. The molecule has 0 bridgehead atoms. The molecular weight excluding hydrogens is 252 g/mol. The largest absolute Gasteiger partial charge is 0.359 e. The lowest BCUT2D eigenvalue weighted by Crippen LogP contribution is -2.50. The normalized spacial score (nSPS) is 16.0. The number of thiocarbonyl (C=S) groups is 1. The molecule has 8 heteroatoms. The smallest absolute Gasteiger partial charge is 0.306 e. The van der Waals surface area contributed by atoms with Crippen LogP contribution in [0.4, 0.5) is 0 Å². The second-order valence-electron chi connectivity index (χ2n) is 4.22. The van der Waals surface area contributed by atoms with Crippen LogP contribution in [0.5, 0.6) is 0 Å².